The van der Waals surface area contributed by atoms with Crippen molar-refractivity contribution in [2.24, 2.45) is 0 Å². The number of para-hydroxylation sites is 1. The van der Waals surface area contributed by atoms with Gasteiger partial charge in [-0.05, 0) is 91.2 Å². The van der Waals surface area contributed by atoms with E-state index in [4.69, 9.17) is 0 Å². The monoisotopic (exact) mass is 527 g/mol. The van der Waals surface area contributed by atoms with E-state index >= 15 is 0 Å². The fourth-order valence-corrected chi connectivity index (χ4v) is 4.40. The normalized spacial score (nSPS) is 11.2. The number of hydrogen-bond acceptors (Lipinski definition) is 1. The summed E-state index contributed by atoms with van der Waals surface area (Å²) >= 11 is 0. The van der Waals surface area contributed by atoms with Crippen molar-refractivity contribution < 1.29 is 0 Å². The first kappa shape index (κ1) is 27.3. The van der Waals surface area contributed by atoms with Crippen LogP contribution in [0.2, 0.25) is 0 Å². The van der Waals surface area contributed by atoms with Gasteiger partial charge in [0.05, 0.1) is 0 Å². The van der Waals surface area contributed by atoms with Crippen LogP contribution in [0, 0.1) is 25.7 Å². The third-order valence-electron chi connectivity index (χ3n) is 6.71. The van der Waals surface area contributed by atoms with E-state index < -0.39 is 0 Å². The fourth-order valence-electron chi connectivity index (χ4n) is 4.40. The van der Waals surface area contributed by atoms with Crippen molar-refractivity contribution in [3.63, 3.8) is 0 Å². The first-order valence-electron chi connectivity index (χ1n) is 13.9. The predicted octanol–water partition coefficient (Wildman–Crippen LogP) is 10.6. The molecule has 1 nitrogen and oxygen atoms in total. The lowest BCUT2D eigenvalue weighted by Gasteiger charge is -2.25. The molecule has 5 rings (SSSR count). The van der Waals surface area contributed by atoms with Crippen LogP contribution in [-0.2, 0) is 0 Å². The van der Waals surface area contributed by atoms with Gasteiger partial charge in [-0.1, -0.05) is 126 Å². The minimum atomic E-state index is 1.02. The van der Waals surface area contributed by atoms with E-state index in [-0.39, 0.29) is 0 Å². The molecule has 0 radical (unpaired) electrons. The Labute approximate surface area is 244 Å². The van der Waals surface area contributed by atoms with Crippen LogP contribution in [-0.4, -0.2) is 0 Å². The molecule has 41 heavy (non-hydrogen) atoms. The Bertz CT molecular complexity index is 1690. The number of benzene rings is 5. The third kappa shape index (κ3) is 7.85. The first-order valence-corrected chi connectivity index (χ1v) is 13.9. The molecule has 0 spiro atoms. The smallest absolute Gasteiger partial charge is 0.0462 e. The second-order valence-corrected chi connectivity index (χ2v) is 9.95. The Hall–Kier alpha value is -5.32. The molecule has 0 amide bonds. The number of nitrogens with zero attached hydrogens (tertiary/aromatic N) is 1. The summed E-state index contributed by atoms with van der Waals surface area (Å²) in [4.78, 5) is 2.27. The lowest BCUT2D eigenvalue weighted by atomic mass is 10.1. The molecule has 0 saturated heterocycles. The lowest BCUT2D eigenvalue weighted by Crippen LogP contribution is -2.09. The highest BCUT2D eigenvalue weighted by molar-refractivity contribution is 5.77. The van der Waals surface area contributed by atoms with Crippen LogP contribution in [0.15, 0.2) is 146 Å². The van der Waals surface area contributed by atoms with Gasteiger partial charge in [0.25, 0.3) is 0 Å². The van der Waals surface area contributed by atoms with Gasteiger partial charge in [-0.2, -0.15) is 0 Å². The van der Waals surface area contributed by atoms with Crippen LogP contribution in [0.25, 0.3) is 18.2 Å². The molecule has 0 aromatic heterocycles. The summed E-state index contributed by atoms with van der Waals surface area (Å²) in [7, 11) is 0. The van der Waals surface area contributed by atoms with Crippen LogP contribution in [0.5, 0.6) is 0 Å². The van der Waals surface area contributed by atoms with Crippen molar-refractivity contribution in [1.82, 2.24) is 0 Å². The highest BCUT2D eigenvalue weighted by Crippen LogP contribution is 2.34. The van der Waals surface area contributed by atoms with Crippen molar-refractivity contribution in [1.29, 1.82) is 0 Å². The maximum atomic E-state index is 3.19. The Morgan fingerprint density at radius 2 is 0.902 bits per heavy atom. The summed E-state index contributed by atoms with van der Waals surface area (Å²) in [5.41, 5.74) is 10.3. The number of anilines is 3. The molecule has 0 atom stereocenters. The Kier molecular flexibility index (Phi) is 9.08. The molecular weight excluding hydrogens is 494 g/mol. The summed E-state index contributed by atoms with van der Waals surface area (Å²) < 4.78 is 0. The van der Waals surface area contributed by atoms with Gasteiger partial charge in [0.15, 0.2) is 0 Å². The zero-order valence-electron chi connectivity index (χ0n) is 23.5. The number of aryl methyl sites for hydroxylation is 2. The third-order valence-corrected chi connectivity index (χ3v) is 6.71. The van der Waals surface area contributed by atoms with Crippen LogP contribution >= 0.6 is 0 Å². The SMILES string of the molecule is Cc1ccc(C#C/C=C/c2ccc(N(c3ccccc3)c3ccc(/C=C\C=C\c4ccc(C)cc4)cc3)cc2)cc1. The Morgan fingerprint density at radius 1 is 0.463 bits per heavy atom. The summed E-state index contributed by atoms with van der Waals surface area (Å²) in [6.45, 7) is 4.19. The van der Waals surface area contributed by atoms with Crippen molar-refractivity contribution >= 4 is 35.3 Å². The molecule has 0 saturated carbocycles. The van der Waals surface area contributed by atoms with E-state index in [1.54, 1.807) is 0 Å². The van der Waals surface area contributed by atoms with Gasteiger partial charge >= 0.3 is 0 Å². The van der Waals surface area contributed by atoms with Gasteiger partial charge in [0.1, 0.15) is 0 Å². The quantitative estimate of drug-likeness (QED) is 0.150. The van der Waals surface area contributed by atoms with Crippen molar-refractivity contribution in [2.75, 3.05) is 4.90 Å². The van der Waals surface area contributed by atoms with Crippen LogP contribution in [0.3, 0.4) is 0 Å². The maximum Gasteiger partial charge on any atom is 0.0462 e. The highest BCUT2D eigenvalue weighted by atomic mass is 15.1. The van der Waals surface area contributed by atoms with Gasteiger partial charge in [-0.15, -0.1) is 0 Å². The molecule has 0 heterocycles. The van der Waals surface area contributed by atoms with Gasteiger partial charge in [0.2, 0.25) is 0 Å². The molecule has 0 bridgehead atoms. The van der Waals surface area contributed by atoms with E-state index in [0.717, 1.165) is 33.8 Å². The van der Waals surface area contributed by atoms with E-state index in [9.17, 15) is 0 Å². The Morgan fingerprint density at radius 3 is 1.44 bits per heavy atom. The topological polar surface area (TPSA) is 3.24 Å². The summed E-state index contributed by atoms with van der Waals surface area (Å²) in [5, 5.41) is 0. The molecule has 0 aliphatic carbocycles. The van der Waals surface area contributed by atoms with Gasteiger partial charge < -0.3 is 4.90 Å². The molecule has 1 heteroatoms. The standard InChI is InChI=1S/C40H33N/c1-32-16-20-34(21-17-32)10-6-8-12-36-24-28-39(29-25-36)41(38-14-4-3-5-15-38)40-30-26-37(27-31-40)13-9-7-11-35-22-18-33(2)19-23-35/h3-6,8-10,12-31H,1-2H3/b10-6+,12-8-,13-9+. The largest absolute Gasteiger partial charge is 0.311 e. The number of rotatable bonds is 7. The Balaban J connectivity index is 1.30. The van der Waals surface area contributed by atoms with Crippen molar-refractivity contribution in [3.8, 4) is 11.8 Å². The molecule has 0 N–H and O–H groups in total. The van der Waals surface area contributed by atoms with Gasteiger partial charge in [-0.3, -0.25) is 0 Å². The van der Waals surface area contributed by atoms with Crippen LogP contribution < -0.4 is 4.90 Å². The van der Waals surface area contributed by atoms with Gasteiger partial charge in [0, 0.05) is 22.6 Å². The summed E-state index contributed by atoms with van der Waals surface area (Å²) in [6, 6.07) is 44.5. The van der Waals surface area contributed by atoms with E-state index in [0.29, 0.717) is 0 Å². The molecule has 198 valence electrons. The van der Waals surface area contributed by atoms with Gasteiger partial charge in [-0.25, -0.2) is 0 Å². The maximum absolute atomic E-state index is 3.19. The summed E-state index contributed by atoms with van der Waals surface area (Å²) in [5.74, 6) is 6.33. The minimum absolute atomic E-state index is 1.02. The number of allylic oxidation sites excluding steroid dienone is 3. The number of hydrogen-bond donors (Lipinski definition) is 0. The fraction of sp³-hybridized carbons (Fsp3) is 0.0500. The average molecular weight is 528 g/mol. The second-order valence-electron chi connectivity index (χ2n) is 9.95. The predicted molar refractivity (Wildman–Crippen MR) is 177 cm³/mol. The van der Waals surface area contributed by atoms with Crippen LogP contribution in [0.4, 0.5) is 17.1 Å². The highest BCUT2D eigenvalue weighted by Gasteiger charge is 2.11. The van der Waals surface area contributed by atoms with E-state index in [2.05, 4.69) is 176 Å². The molecular formula is C40H33N. The summed E-state index contributed by atoms with van der Waals surface area (Å²) in [6.07, 6.45) is 12.4. The first-order chi connectivity index (χ1) is 20.1. The molecule has 0 aliphatic rings. The van der Waals surface area contributed by atoms with Crippen molar-refractivity contribution in [2.45, 2.75) is 13.8 Å². The molecule has 0 fully saturated rings. The lowest BCUT2D eigenvalue weighted by molar-refractivity contribution is 1.28. The molecule has 0 aliphatic heterocycles. The average Bonchev–Trinajstić information content (AvgIpc) is 3.01. The zero-order valence-corrected chi connectivity index (χ0v) is 23.5. The zero-order chi connectivity index (χ0) is 28.3. The second kappa shape index (κ2) is 13.7. The minimum Gasteiger partial charge on any atom is -0.311 e. The molecule has 5 aromatic carbocycles. The molecule has 0 unspecified atom stereocenters. The van der Waals surface area contributed by atoms with E-state index in [1.807, 2.05) is 18.2 Å². The van der Waals surface area contributed by atoms with Crippen molar-refractivity contribution in [3.05, 3.63) is 179 Å². The van der Waals surface area contributed by atoms with E-state index in [1.165, 1.54) is 16.7 Å². The van der Waals surface area contributed by atoms with Crippen LogP contribution in [0.1, 0.15) is 33.4 Å². The molecule has 5 aromatic rings.